The third kappa shape index (κ3) is 5.86. The molecular weight excluding hydrogens is 426 g/mol. The zero-order valence-electron chi connectivity index (χ0n) is 18.5. The van der Waals surface area contributed by atoms with Gasteiger partial charge in [0.15, 0.2) is 0 Å². The minimum Gasteiger partial charge on any atom is -0.472 e. The highest BCUT2D eigenvalue weighted by molar-refractivity contribution is 5.73. The molecule has 0 spiro atoms. The summed E-state index contributed by atoms with van der Waals surface area (Å²) in [5.41, 5.74) is 4.92. The molecule has 1 amide bonds. The summed E-state index contributed by atoms with van der Waals surface area (Å²) in [4.78, 5) is 11.7. The maximum Gasteiger partial charge on any atom is 0.217 e. The second-order valence-electron chi connectivity index (χ2n) is 8.63. The van der Waals surface area contributed by atoms with Crippen LogP contribution in [0.1, 0.15) is 42.5 Å². The van der Waals surface area contributed by atoms with Crippen LogP contribution in [0.15, 0.2) is 59.4 Å². The molecule has 0 radical (unpaired) electrons. The first kappa shape index (κ1) is 23.1. The summed E-state index contributed by atoms with van der Waals surface area (Å²) in [7, 11) is 0. The fourth-order valence-electron chi connectivity index (χ4n) is 4.55. The Kier molecular flexibility index (Phi) is 7.20. The summed E-state index contributed by atoms with van der Waals surface area (Å²) in [5, 5.41) is 17.0. The maximum absolute atomic E-state index is 13.6. The van der Waals surface area contributed by atoms with Crippen LogP contribution in [0.25, 0.3) is 11.1 Å². The number of carbonyl (C=O) groups excluding carboxylic acids is 1. The third-order valence-corrected chi connectivity index (χ3v) is 6.12. The van der Waals surface area contributed by atoms with Crippen LogP contribution in [0, 0.1) is 11.6 Å². The van der Waals surface area contributed by atoms with Gasteiger partial charge in [-0.3, -0.25) is 4.79 Å². The first-order valence-corrected chi connectivity index (χ1v) is 11.2. The first-order chi connectivity index (χ1) is 15.9. The number of hydrogen-bond donors (Lipinski definition) is 3. The van der Waals surface area contributed by atoms with Crippen molar-refractivity contribution in [3.63, 3.8) is 0 Å². The van der Waals surface area contributed by atoms with Gasteiger partial charge in [-0.05, 0) is 72.2 Å². The lowest BCUT2D eigenvalue weighted by atomic mass is 9.85. The Morgan fingerprint density at radius 2 is 1.94 bits per heavy atom. The van der Waals surface area contributed by atoms with Crippen molar-refractivity contribution in [2.75, 3.05) is 6.54 Å². The normalized spacial score (nSPS) is 17.3. The summed E-state index contributed by atoms with van der Waals surface area (Å²) < 4.78 is 32.4. The fraction of sp³-hybridized carbons (Fsp3) is 0.346. The van der Waals surface area contributed by atoms with Crippen molar-refractivity contribution in [2.45, 2.75) is 50.8 Å². The smallest absolute Gasteiger partial charge is 0.217 e. The molecule has 1 aliphatic carbocycles. The minimum atomic E-state index is -0.942. The molecule has 0 saturated heterocycles. The van der Waals surface area contributed by atoms with Crippen molar-refractivity contribution in [1.29, 1.82) is 0 Å². The lowest BCUT2D eigenvalue weighted by Crippen LogP contribution is -2.48. The van der Waals surface area contributed by atoms with Gasteiger partial charge >= 0.3 is 0 Å². The molecule has 1 aliphatic rings. The van der Waals surface area contributed by atoms with Crippen LogP contribution in [0.3, 0.4) is 0 Å². The Labute approximate surface area is 191 Å². The van der Waals surface area contributed by atoms with Crippen molar-refractivity contribution in [2.24, 2.45) is 0 Å². The van der Waals surface area contributed by atoms with Crippen molar-refractivity contribution < 1.29 is 23.1 Å². The van der Waals surface area contributed by atoms with Crippen molar-refractivity contribution in [3.05, 3.63) is 83.3 Å². The number of fused-ring (bicyclic) bond motifs is 1. The van der Waals surface area contributed by atoms with Gasteiger partial charge < -0.3 is 20.2 Å². The highest BCUT2D eigenvalue weighted by atomic mass is 19.1. The molecule has 1 unspecified atom stereocenters. The highest BCUT2D eigenvalue weighted by Gasteiger charge is 2.25. The summed E-state index contributed by atoms with van der Waals surface area (Å²) >= 11 is 0. The number of hydrogen-bond acceptors (Lipinski definition) is 4. The molecule has 1 aromatic heterocycles. The molecule has 33 heavy (non-hydrogen) atoms. The Morgan fingerprint density at radius 3 is 2.64 bits per heavy atom. The number of aryl methyl sites for hydroxylation is 1. The van der Waals surface area contributed by atoms with E-state index in [2.05, 4.69) is 28.8 Å². The van der Waals surface area contributed by atoms with E-state index >= 15 is 0 Å². The predicted molar refractivity (Wildman–Crippen MR) is 121 cm³/mol. The van der Waals surface area contributed by atoms with Crippen molar-refractivity contribution in [3.8, 4) is 11.1 Å². The lowest BCUT2D eigenvalue weighted by Gasteiger charge is -2.30. The molecule has 1 heterocycles. The predicted octanol–water partition coefficient (Wildman–Crippen LogP) is 4.30. The third-order valence-electron chi connectivity index (χ3n) is 6.12. The van der Waals surface area contributed by atoms with Crippen molar-refractivity contribution >= 4 is 5.91 Å². The van der Waals surface area contributed by atoms with Gasteiger partial charge in [-0.1, -0.05) is 12.1 Å². The fourth-order valence-corrected chi connectivity index (χ4v) is 4.55. The molecular formula is C26H28F2N2O3. The van der Waals surface area contributed by atoms with Gasteiger partial charge in [0, 0.05) is 31.1 Å². The van der Waals surface area contributed by atoms with Gasteiger partial charge in [-0.15, -0.1) is 0 Å². The van der Waals surface area contributed by atoms with E-state index in [0.717, 1.165) is 36.5 Å². The van der Waals surface area contributed by atoms with E-state index in [-0.39, 0.29) is 24.9 Å². The van der Waals surface area contributed by atoms with Gasteiger partial charge in [-0.25, -0.2) is 8.78 Å². The molecule has 3 atom stereocenters. The van der Waals surface area contributed by atoms with E-state index < -0.39 is 23.8 Å². The molecule has 174 valence electrons. The van der Waals surface area contributed by atoms with Gasteiger partial charge in [0.1, 0.15) is 11.6 Å². The number of benzene rings is 2. The number of nitrogens with one attached hydrogen (secondary N) is 2. The lowest BCUT2D eigenvalue weighted by molar-refractivity contribution is -0.120. The molecule has 3 aromatic rings. The quantitative estimate of drug-likeness (QED) is 0.475. The Bertz CT molecular complexity index is 1080. The minimum absolute atomic E-state index is 0.0554. The summed E-state index contributed by atoms with van der Waals surface area (Å²) in [6, 6.07) is 10.9. The van der Waals surface area contributed by atoms with Crippen LogP contribution in [0.5, 0.6) is 0 Å². The molecule has 0 fully saturated rings. The van der Waals surface area contributed by atoms with Crippen LogP contribution >= 0.6 is 0 Å². The number of furan rings is 1. The average Bonchev–Trinajstić information content (AvgIpc) is 3.30. The number of aliphatic hydroxyl groups excluding tert-OH is 1. The summed E-state index contributed by atoms with van der Waals surface area (Å²) in [6.45, 7) is 1.58. The first-order valence-electron chi connectivity index (χ1n) is 11.2. The van der Waals surface area contributed by atoms with Crippen molar-refractivity contribution in [1.82, 2.24) is 10.6 Å². The SMILES string of the molecule is CC(=O)N[C@@H](Cc1cc(F)cc(F)c1)[C@H](O)CNC1CCCc2ccc(-c3ccoc3)cc21. The van der Waals surface area contributed by atoms with E-state index in [1.165, 1.54) is 30.2 Å². The molecule has 0 bridgehead atoms. The Hall–Kier alpha value is -3.03. The molecule has 5 nitrogen and oxygen atoms in total. The number of rotatable bonds is 8. The van der Waals surface area contributed by atoms with Crippen LogP contribution < -0.4 is 10.6 Å². The zero-order valence-corrected chi connectivity index (χ0v) is 18.5. The molecule has 2 aromatic carbocycles. The van der Waals surface area contributed by atoms with E-state index in [1.54, 1.807) is 12.5 Å². The second kappa shape index (κ2) is 10.3. The molecule has 0 aliphatic heterocycles. The average molecular weight is 455 g/mol. The second-order valence-corrected chi connectivity index (χ2v) is 8.63. The van der Waals surface area contributed by atoms with Crippen LogP contribution in [0.4, 0.5) is 8.78 Å². The van der Waals surface area contributed by atoms with Gasteiger partial charge in [-0.2, -0.15) is 0 Å². The largest absolute Gasteiger partial charge is 0.472 e. The van der Waals surface area contributed by atoms with E-state index in [4.69, 9.17) is 4.42 Å². The number of halogens is 2. The Balaban J connectivity index is 1.47. The Morgan fingerprint density at radius 1 is 1.15 bits per heavy atom. The van der Waals surface area contributed by atoms with Crippen LogP contribution in [-0.4, -0.2) is 29.7 Å². The molecule has 4 rings (SSSR count). The van der Waals surface area contributed by atoms with Crippen LogP contribution in [0.2, 0.25) is 0 Å². The van der Waals surface area contributed by atoms with E-state index in [1.807, 2.05) is 6.07 Å². The van der Waals surface area contributed by atoms with E-state index in [9.17, 15) is 18.7 Å². The van der Waals surface area contributed by atoms with Crippen LogP contribution in [-0.2, 0) is 17.6 Å². The summed E-state index contributed by atoms with van der Waals surface area (Å²) in [6.07, 6.45) is 5.49. The molecule has 3 N–H and O–H groups in total. The summed E-state index contributed by atoms with van der Waals surface area (Å²) in [5.74, 6) is -1.69. The van der Waals surface area contributed by atoms with Gasteiger partial charge in [0.05, 0.1) is 24.7 Å². The highest BCUT2D eigenvalue weighted by Crippen LogP contribution is 2.33. The number of aliphatic hydroxyl groups is 1. The number of amides is 1. The van der Waals surface area contributed by atoms with Gasteiger partial charge in [0.25, 0.3) is 0 Å². The number of carbonyl (C=O) groups is 1. The maximum atomic E-state index is 13.6. The van der Waals surface area contributed by atoms with Gasteiger partial charge in [0.2, 0.25) is 5.91 Å². The zero-order chi connectivity index (χ0) is 23.4. The van der Waals surface area contributed by atoms with E-state index in [0.29, 0.717) is 5.56 Å². The topological polar surface area (TPSA) is 74.5 Å². The molecule has 0 saturated carbocycles. The monoisotopic (exact) mass is 454 g/mol. The standard InChI is InChI=1S/C26H28F2N2O3/c1-16(31)30-25(11-17-9-21(27)13-22(28)10-17)26(32)14-29-24-4-2-3-18-5-6-19(12-23(18)24)20-7-8-33-15-20/h5-10,12-13,15,24-26,29,32H,2-4,11,14H2,1H3,(H,30,31)/t24?,25-,26+/m0/s1. The molecule has 7 heteroatoms.